The maximum atomic E-state index is 11.0. The van der Waals surface area contributed by atoms with E-state index in [2.05, 4.69) is 0 Å². The van der Waals surface area contributed by atoms with E-state index in [1.54, 1.807) is 7.11 Å². The second-order valence-corrected chi connectivity index (χ2v) is 4.21. The van der Waals surface area contributed by atoms with E-state index < -0.39 is 12.3 Å². The Morgan fingerprint density at radius 1 is 1.50 bits per heavy atom. The summed E-state index contributed by atoms with van der Waals surface area (Å²) < 4.78 is 10.1. The van der Waals surface area contributed by atoms with Gasteiger partial charge in [-0.2, -0.15) is 0 Å². The molecule has 0 aliphatic carbocycles. The Balaban J connectivity index is 2.04. The first kappa shape index (κ1) is 13.0. The van der Waals surface area contributed by atoms with Crippen molar-refractivity contribution in [2.75, 3.05) is 20.3 Å². The van der Waals surface area contributed by atoms with E-state index in [1.165, 1.54) is 0 Å². The number of rotatable bonds is 4. The molecule has 1 aromatic carbocycles. The Morgan fingerprint density at radius 2 is 2.22 bits per heavy atom. The highest BCUT2D eigenvalue weighted by molar-refractivity contribution is 5.58. The van der Waals surface area contributed by atoms with Crippen LogP contribution in [0.1, 0.15) is 5.56 Å². The molecule has 0 spiro atoms. The van der Waals surface area contributed by atoms with Gasteiger partial charge in [-0.1, -0.05) is 12.1 Å². The monoisotopic (exact) mass is 251 g/mol. The quantitative estimate of drug-likeness (QED) is 0.786. The smallest absolute Gasteiger partial charge is 0.177 e. The van der Waals surface area contributed by atoms with Gasteiger partial charge in [0.25, 0.3) is 0 Å². The molecule has 2 unspecified atom stereocenters. The summed E-state index contributed by atoms with van der Waals surface area (Å²) in [5.74, 6) is 0.799. The second-order valence-electron chi connectivity index (χ2n) is 4.21. The molecule has 1 aliphatic rings. The Hall–Kier alpha value is -1.43. The molecule has 18 heavy (non-hydrogen) atoms. The third-order valence-corrected chi connectivity index (χ3v) is 3.07. The number of hydrogen-bond donors (Lipinski definition) is 1. The number of aliphatic hydroxyl groups excluding tert-OH is 1. The zero-order chi connectivity index (χ0) is 13.0. The average Bonchev–Trinajstić information content (AvgIpc) is 2.40. The van der Waals surface area contributed by atoms with Crippen LogP contribution in [0, 0.1) is 0 Å². The number of aliphatic hydroxyl groups is 1. The van der Waals surface area contributed by atoms with E-state index in [0.29, 0.717) is 19.7 Å². The van der Waals surface area contributed by atoms with Gasteiger partial charge in [0.2, 0.25) is 0 Å². The number of hydrogen-bond acceptors (Lipinski definition) is 5. The number of methoxy groups -OCH3 is 1. The van der Waals surface area contributed by atoms with Crippen molar-refractivity contribution in [3.63, 3.8) is 0 Å². The molecular formula is C13H17NO4. The van der Waals surface area contributed by atoms with Gasteiger partial charge >= 0.3 is 0 Å². The lowest BCUT2D eigenvalue weighted by Gasteiger charge is -2.35. The Labute approximate surface area is 106 Å². The molecule has 5 heteroatoms. The fraction of sp³-hybridized carbons (Fsp3) is 0.462. The van der Waals surface area contributed by atoms with E-state index in [-0.39, 0.29) is 0 Å². The minimum absolute atomic E-state index is 0.432. The van der Waals surface area contributed by atoms with Crippen LogP contribution in [-0.2, 0) is 16.1 Å². The number of carbonyl (C=O) groups is 1. The van der Waals surface area contributed by atoms with Crippen LogP contribution in [-0.4, -0.2) is 48.9 Å². The highest BCUT2D eigenvalue weighted by Crippen LogP contribution is 2.17. The first-order valence-corrected chi connectivity index (χ1v) is 5.86. The van der Waals surface area contributed by atoms with E-state index >= 15 is 0 Å². The van der Waals surface area contributed by atoms with E-state index in [4.69, 9.17) is 9.47 Å². The molecule has 1 saturated heterocycles. The summed E-state index contributed by atoms with van der Waals surface area (Å²) in [5, 5.41) is 9.58. The van der Waals surface area contributed by atoms with Gasteiger partial charge < -0.3 is 19.4 Å². The van der Waals surface area contributed by atoms with Crippen molar-refractivity contribution in [2.24, 2.45) is 0 Å². The van der Waals surface area contributed by atoms with Crippen molar-refractivity contribution in [3.05, 3.63) is 29.8 Å². The van der Waals surface area contributed by atoms with Gasteiger partial charge in [0.15, 0.2) is 6.29 Å². The molecule has 2 atom stereocenters. The number of morpholine rings is 1. The molecule has 1 N–H and O–H groups in total. The standard InChI is InChI=1S/C13H17NO4/c1-17-11-4-2-10(3-5-11)8-14-6-7-18-13(16)12(14)9-15/h2-5,9,12-13,16H,6-8H2,1H3. The zero-order valence-electron chi connectivity index (χ0n) is 10.3. The first-order chi connectivity index (χ1) is 8.74. The van der Waals surface area contributed by atoms with Gasteiger partial charge in [-0.05, 0) is 17.7 Å². The SMILES string of the molecule is COc1ccc(CN2CCOC(O)C2C=O)cc1. The third-order valence-electron chi connectivity index (χ3n) is 3.07. The van der Waals surface area contributed by atoms with Gasteiger partial charge in [-0.3, -0.25) is 4.90 Å². The Bertz CT molecular complexity index is 392. The van der Waals surface area contributed by atoms with Gasteiger partial charge in [0.1, 0.15) is 18.1 Å². The van der Waals surface area contributed by atoms with Gasteiger partial charge in [0.05, 0.1) is 13.7 Å². The molecule has 1 aliphatic heterocycles. The minimum Gasteiger partial charge on any atom is -0.497 e. The lowest BCUT2D eigenvalue weighted by Crippen LogP contribution is -2.51. The fourth-order valence-electron chi connectivity index (χ4n) is 2.02. The van der Waals surface area contributed by atoms with Crippen LogP contribution in [0.2, 0.25) is 0 Å². The topological polar surface area (TPSA) is 59.0 Å². The molecular weight excluding hydrogens is 234 g/mol. The lowest BCUT2D eigenvalue weighted by molar-refractivity contribution is -0.180. The van der Waals surface area contributed by atoms with Crippen LogP contribution < -0.4 is 4.74 Å². The van der Waals surface area contributed by atoms with Crippen LogP contribution in [0.15, 0.2) is 24.3 Å². The summed E-state index contributed by atoms with van der Waals surface area (Å²) in [6.45, 7) is 1.67. The average molecular weight is 251 g/mol. The summed E-state index contributed by atoms with van der Waals surface area (Å²) in [5.41, 5.74) is 1.07. The predicted molar refractivity (Wildman–Crippen MR) is 65.2 cm³/mol. The second kappa shape index (κ2) is 5.95. The van der Waals surface area contributed by atoms with Crippen LogP contribution in [0.25, 0.3) is 0 Å². The van der Waals surface area contributed by atoms with Crippen molar-refractivity contribution in [1.82, 2.24) is 4.90 Å². The number of nitrogens with zero attached hydrogens (tertiary/aromatic N) is 1. The maximum Gasteiger partial charge on any atom is 0.177 e. The van der Waals surface area contributed by atoms with Gasteiger partial charge in [-0.25, -0.2) is 0 Å². The zero-order valence-corrected chi connectivity index (χ0v) is 10.3. The maximum absolute atomic E-state index is 11.0. The molecule has 5 nitrogen and oxygen atoms in total. The molecule has 0 amide bonds. The largest absolute Gasteiger partial charge is 0.497 e. The van der Waals surface area contributed by atoms with E-state index in [9.17, 15) is 9.90 Å². The summed E-state index contributed by atoms with van der Waals surface area (Å²) in [6, 6.07) is 7.05. The summed E-state index contributed by atoms with van der Waals surface area (Å²) >= 11 is 0. The van der Waals surface area contributed by atoms with Crippen molar-refractivity contribution < 1.29 is 19.4 Å². The predicted octanol–water partition coefficient (Wildman–Crippen LogP) is 0.413. The van der Waals surface area contributed by atoms with E-state index in [1.807, 2.05) is 29.2 Å². The summed E-state index contributed by atoms with van der Waals surface area (Å²) in [7, 11) is 1.62. The van der Waals surface area contributed by atoms with Crippen molar-refractivity contribution in [2.45, 2.75) is 18.9 Å². The van der Waals surface area contributed by atoms with Crippen LogP contribution in [0.3, 0.4) is 0 Å². The fourth-order valence-corrected chi connectivity index (χ4v) is 2.02. The Kier molecular flexibility index (Phi) is 4.30. The van der Waals surface area contributed by atoms with Crippen molar-refractivity contribution in [3.8, 4) is 5.75 Å². The third kappa shape index (κ3) is 2.87. The highest BCUT2D eigenvalue weighted by Gasteiger charge is 2.30. The Morgan fingerprint density at radius 3 is 2.83 bits per heavy atom. The summed E-state index contributed by atoms with van der Waals surface area (Å²) in [6.07, 6.45) is -0.303. The van der Waals surface area contributed by atoms with Gasteiger partial charge in [0, 0.05) is 13.1 Å². The van der Waals surface area contributed by atoms with Crippen molar-refractivity contribution in [1.29, 1.82) is 0 Å². The minimum atomic E-state index is -1.03. The number of benzene rings is 1. The number of aldehydes is 1. The van der Waals surface area contributed by atoms with Crippen molar-refractivity contribution >= 4 is 6.29 Å². The number of ether oxygens (including phenoxy) is 2. The molecule has 0 radical (unpaired) electrons. The normalized spacial score (nSPS) is 24.8. The summed E-state index contributed by atoms with van der Waals surface area (Å²) in [4.78, 5) is 12.9. The first-order valence-electron chi connectivity index (χ1n) is 5.86. The van der Waals surface area contributed by atoms with Crippen LogP contribution in [0.4, 0.5) is 0 Å². The highest BCUT2D eigenvalue weighted by atomic mass is 16.6. The molecule has 1 aromatic rings. The molecule has 98 valence electrons. The van der Waals surface area contributed by atoms with Gasteiger partial charge in [-0.15, -0.1) is 0 Å². The van der Waals surface area contributed by atoms with Crippen LogP contribution >= 0.6 is 0 Å². The lowest BCUT2D eigenvalue weighted by atomic mass is 10.1. The molecule has 0 bridgehead atoms. The molecule has 1 fully saturated rings. The molecule has 0 saturated carbocycles. The number of carbonyl (C=O) groups excluding carboxylic acids is 1. The molecule has 2 rings (SSSR count). The molecule has 1 heterocycles. The van der Waals surface area contributed by atoms with E-state index in [0.717, 1.165) is 17.6 Å². The van der Waals surface area contributed by atoms with Crippen LogP contribution in [0.5, 0.6) is 5.75 Å². The molecule has 0 aromatic heterocycles.